The lowest BCUT2D eigenvalue weighted by atomic mass is 10.3. The maximum atomic E-state index is 3.57. The molecule has 3 nitrogen and oxygen atoms in total. The number of hydrogen-bond acceptors (Lipinski definition) is 3. The molecule has 1 saturated heterocycles. The molecule has 0 spiro atoms. The fourth-order valence-corrected chi connectivity index (χ4v) is 0.346. The minimum atomic E-state index is 0. The Bertz CT molecular complexity index is 88.8. The maximum absolute atomic E-state index is 3.57. The van der Waals surface area contributed by atoms with E-state index < -0.39 is 0 Å². The van der Waals surface area contributed by atoms with Gasteiger partial charge in [-0.25, -0.2) is 5.43 Å². The third kappa shape index (κ3) is 12.5. The number of hydrogen-bond donors (Lipinski definition) is 3. The van der Waals surface area contributed by atoms with Crippen LogP contribution in [-0.4, -0.2) is 6.67 Å². The van der Waals surface area contributed by atoms with Crippen LogP contribution in [0.15, 0.2) is 12.4 Å². The van der Waals surface area contributed by atoms with Crippen molar-refractivity contribution in [2.75, 3.05) is 6.67 Å². The van der Waals surface area contributed by atoms with Crippen molar-refractivity contribution in [3.05, 3.63) is 12.4 Å². The molecule has 0 atom stereocenters. The first kappa shape index (κ1) is 12.9. The van der Waals surface area contributed by atoms with Gasteiger partial charge in [0.15, 0.2) is 0 Å². The topological polar surface area (TPSA) is 36.1 Å². The van der Waals surface area contributed by atoms with Gasteiger partial charge < -0.3 is 10.7 Å². The highest BCUT2D eigenvalue weighted by Gasteiger charge is 1.94. The zero-order valence-corrected chi connectivity index (χ0v) is 6.99. The normalized spacial score (nSPS) is 14.0. The quantitative estimate of drug-likeness (QED) is 0.500. The van der Waals surface area contributed by atoms with E-state index in [0.29, 0.717) is 0 Å². The van der Waals surface area contributed by atoms with Crippen molar-refractivity contribution in [1.82, 2.24) is 16.2 Å². The molecule has 3 heteroatoms. The van der Waals surface area contributed by atoms with Crippen molar-refractivity contribution in [2.45, 2.75) is 28.2 Å². The van der Waals surface area contributed by atoms with Gasteiger partial charge in [-0.15, -0.1) is 0 Å². The van der Waals surface area contributed by atoms with E-state index in [1.807, 2.05) is 0 Å². The van der Waals surface area contributed by atoms with E-state index in [-0.39, 0.29) is 7.43 Å². The van der Waals surface area contributed by atoms with E-state index in [4.69, 9.17) is 0 Å². The van der Waals surface area contributed by atoms with Crippen LogP contribution < -0.4 is 16.2 Å². The number of nitrogens with one attached hydrogen (secondary N) is 3. The fourth-order valence-electron chi connectivity index (χ4n) is 0.346. The fraction of sp³-hybridized carbons (Fsp3) is 0.750. The van der Waals surface area contributed by atoms with Crippen molar-refractivity contribution in [3.8, 4) is 0 Å². The summed E-state index contributed by atoms with van der Waals surface area (Å²) in [7, 11) is 0. The molecule has 1 aliphatic rings. The highest BCUT2D eigenvalue weighted by Crippen LogP contribution is 1.81. The largest absolute Gasteiger partial charge is 0.357 e. The summed E-state index contributed by atoms with van der Waals surface area (Å²) in [6, 6.07) is 0. The molecule has 0 aliphatic carbocycles. The first-order chi connectivity index (χ1) is 4.63. The molecule has 11 heavy (non-hydrogen) atoms. The first-order valence-electron chi connectivity index (χ1n) is 3.54. The van der Waals surface area contributed by atoms with E-state index in [1.54, 1.807) is 0 Å². The molecule has 1 aliphatic heterocycles. The second kappa shape index (κ2) is 7.41. The van der Waals surface area contributed by atoms with E-state index in [1.165, 1.54) is 0 Å². The SMILES string of the molecule is C.C=C1NCNN1.CC(C)C. The van der Waals surface area contributed by atoms with Crippen LogP contribution in [0.1, 0.15) is 28.2 Å². The van der Waals surface area contributed by atoms with Gasteiger partial charge in [0.25, 0.3) is 0 Å². The molecule has 1 heterocycles. The third-order valence-electron chi connectivity index (χ3n) is 0.629. The molecule has 0 aromatic carbocycles. The zero-order chi connectivity index (χ0) is 7.98. The molecule has 0 unspecified atom stereocenters. The standard InChI is InChI=1S/C4H10.C3H7N3.CH4/c1-4(2)3;1-3-4-2-5-6-3;/h4H,1-3H3;4-6H,1-2H2;1H4. The average molecular weight is 159 g/mol. The Morgan fingerprint density at radius 3 is 1.91 bits per heavy atom. The Morgan fingerprint density at radius 2 is 1.82 bits per heavy atom. The summed E-state index contributed by atoms with van der Waals surface area (Å²) in [6.45, 7) is 10.8. The van der Waals surface area contributed by atoms with E-state index in [0.717, 1.165) is 18.4 Å². The van der Waals surface area contributed by atoms with E-state index >= 15 is 0 Å². The molecule has 0 saturated carbocycles. The Kier molecular flexibility index (Phi) is 8.71. The molecule has 0 amide bonds. The molecule has 3 N–H and O–H groups in total. The summed E-state index contributed by atoms with van der Waals surface area (Å²) < 4.78 is 0. The predicted octanol–water partition coefficient (Wildman–Crippen LogP) is 1.41. The van der Waals surface area contributed by atoms with Gasteiger partial charge in [0.1, 0.15) is 5.82 Å². The lowest BCUT2D eigenvalue weighted by Crippen LogP contribution is -2.20. The number of rotatable bonds is 0. The smallest absolute Gasteiger partial charge is 0.107 e. The zero-order valence-electron chi connectivity index (χ0n) is 6.99. The molecule has 68 valence electrons. The van der Waals surface area contributed by atoms with Crippen LogP contribution in [-0.2, 0) is 0 Å². The van der Waals surface area contributed by atoms with Gasteiger partial charge in [0.2, 0.25) is 0 Å². The van der Waals surface area contributed by atoms with Gasteiger partial charge in [0, 0.05) is 0 Å². The lowest BCUT2D eigenvalue weighted by molar-refractivity contribution is 0.714. The molecular formula is C8H21N3. The van der Waals surface area contributed by atoms with Crippen molar-refractivity contribution >= 4 is 0 Å². The van der Waals surface area contributed by atoms with Crippen LogP contribution in [0.5, 0.6) is 0 Å². The predicted molar refractivity (Wildman–Crippen MR) is 50.7 cm³/mol. The molecule has 0 aromatic heterocycles. The van der Waals surface area contributed by atoms with E-state index in [9.17, 15) is 0 Å². The van der Waals surface area contributed by atoms with Gasteiger partial charge >= 0.3 is 0 Å². The highest BCUT2D eigenvalue weighted by molar-refractivity contribution is 4.88. The summed E-state index contributed by atoms with van der Waals surface area (Å²) in [6.07, 6.45) is 0. The second-order valence-electron chi connectivity index (χ2n) is 2.87. The Hall–Kier alpha value is -0.700. The minimum Gasteiger partial charge on any atom is -0.357 e. The van der Waals surface area contributed by atoms with Gasteiger partial charge in [0.05, 0.1) is 6.67 Å². The maximum Gasteiger partial charge on any atom is 0.107 e. The van der Waals surface area contributed by atoms with Gasteiger partial charge in [-0.05, 0) is 5.92 Å². The molecule has 0 aromatic rings. The molecule has 1 fully saturated rings. The van der Waals surface area contributed by atoms with Crippen LogP contribution in [0, 0.1) is 5.92 Å². The van der Waals surface area contributed by atoms with Crippen LogP contribution in [0.2, 0.25) is 0 Å². The third-order valence-corrected chi connectivity index (χ3v) is 0.629. The summed E-state index contributed by atoms with van der Waals surface area (Å²) in [5.74, 6) is 1.68. The Balaban J connectivity index is 0. The Morgan fingerprint density at radius 1 is 1.36 bits per heavy atom. The summed E-state index contributed by atoms with van der Waals surface area (Å²) in [5, 5.41) is 2.90. The van der Waals surface area contributed by atoms with Crippen LogP contribution in [0.25, 0.3) is 0 Å². The van der Waals surface area contributed by atoms with Crippen molar-refractivity contribution < 1.29 is 0 Å². The molecule has 1 rings (SSSR count). The van der Waals surface area contributed by atoms with Gasteiger partial charge in [-0.3, -0.25) is 0 Å². The van der Waals surface area contributed by atoms with Crippen LogP contribution >= 0.6 is 0 Å². The van der Waals surface area contributed by atoms with E-state index in [2.05, 4.69) is 43.5 Å². The Labute approximate surface area is 70.2 Å². The van der Waals surface area contributed by atoms with Crippen molar-refractivity contribution in [2.24, 2.45) is 5.92 Å². The first-order valence-corrected chi connectivity index (χ1v) is 3.54. The highest BCUT2D eigenvalue weighted by atomic mass is 15.5. The summed E-state index contributed by atoms with van der Waals surface area (Å²) >= 11 is 0. The van der Waals surface area contributed by atoms with Crippen LogP contribution in [0.3, 0.4) is 0 Å². The summed E-state index contributed by atoms with van der Waals surface area (Å²) in [4.78, 5) is 0. The monoisotopic (exact) mass is 159 g/mol. The molecular weight excluding hydrogens is 138 g/mol. The van der Waals surface area contributed by atoms with Crippen molar-refractivity contribution in [1.29, 1.82) is 0 Å². The molecule has 0 bridgehead atoms. The minimum absolute atomic E-state index is 0. The van der Waals surface area contributed by atoms with Gasteiger partial charge in [-0.2, -0.15) is 0 Å². The second-order valence-corrected chi connectivity index (χ2v) is 2.87. The van der Waals surface area contributed by atoms with Crippen molar-refractivity contribution in [3.63, 3.8) is 0 Å². The van der Waals surface area contributed by atoms with Gasteiger partial charge in [-0.1, -0.05) is 34.8 Å². The molecule has 0 radical (unpaired) electrons. The van der Waals surface area contributed by atoms with Crippen LogP contribution in [0.4, 0.5) is 0 Å². The lowest BCUT2D eigenvalue weighted by Gasteiger charge is -1.87. The summed E-state index contributed by atoms with van der Waals surface area (Å²) in [5.41, 5.74) is 5.58. The average Bonchev–Trinajstić information content (AvgIpc) is 2.15. The number of hydrazine groups is 1.